The summed E-state index contributed by atoms with van der Waals surface area (Å²) in [6.07, 6.45) is 3.52. The van der Waals surface area contributed by atoms with Gasteiger partial charge in [-0.2, -0.15) is 0 Å². The van der Waals surface area contributed by atoms with Crippen LogP contribution >= 0.6 is 0 Å². The first kappa shape index (κ1) is 12.0. The number of aliphatic hydroxyl groups is 1. The van der Waals surface area contributed by atoms with Gasteiger partial charge in [0.2, 0.25) is 0 Å². The van der Waals surface area contributed by atoms with Crippen LogP contribution in [0.4, 0.5) is 0 Å². The summed E-state index contributed by atoms with van der Waals surface area (Å²) in [7, 11) is 0. The van der Waals surface area contributed by atoms with Crippen LogP contribution in [-0.4, -0.2) is 48.3 Å². The second-order valence-corrected chi connectivity index (χ2v) is 4.46. The molecule has 0 aromatic carbocycles. The van der Waals surface area contributed by atoms with Crippen molar-refractivity contribution in [3.05, 3.63) is 0 Å². The summed E-state index contributed by atoms with van der Waals surface area (Å²) in [5, 5.41) is 12.3. The number of rotatable bonds is 6. The summed E-state index contributed by atoms with van der Waals surface area (Å²) in [4.78, 5) is 2.46. The highest BCUT2D eigenvalue weighted by Gasteiger charge is 2.18. The van der Waals surface area contributed by atoms with Crippen molar-refractivity contribution in [2.75, 3.05) is 26.2 Å². The van der Waals surface area contributed by atoms with Crippen molar-refractivity contribution in [2.24, 2.45) is 0 Å². The summed E-state index contributed by atoms with van der Waals surface area (Å²) >= 11 is 0. The molecule has 1 atom stereocenters. The van der Waals surface area contributed by atoms with Crippen molar-refractivity contribution < 1.29 is 5.11 Å². The lowest BCUT2D eigenvalue weighted by Crippen LogP contribution is -2.41. The smallest absolute Gasteiger partial charge is 0.0443 e. The van der Waals surface area contributed by atoms with E-state index >= 15 is 0 Å². The summed E-state index contributed by atoms with van der Waals surface area (Å²) in [6.45, 7) is 8.10. The molecule has 0 aliphatic carbocycles. The molecular formula is C11H24N2O. The molecule has 1 rings (SSSR count). The standard InChI is InChI=1S/C11H24N2O/c1-10(2)13(7-4-8-14)9-11-5-3-6-12-11/h10-12,14H,3-9H2,1-2H3. The molecule has 1 aliphatic rings. The van der Waals surface area contributed by atoms with Gasteiger partial charge in [-0.3, -0.25) is 4.90 Å². The lowest BCUT2D eigenvalue weighted by atomic mass is 10.2. The Labute approximate surface area is 87.5 Å². The molecule has 0 amide bonds. The molecule has 0 aromatic heterocycles. The van der Waals surface area contributed by atoms with E-state index in [9.17, 15) is 0 Å². The van der Waals surface area contributed by atoms with E-state index < -0.39 is 0 Å². The Kier molecular flexibility index (Phi) is 5.45. The molecule has 1 heterocycles. The fraction of sp³-hybridized carbons (Fsp3) is 1.00. The minimum atomic E-state index is 0.307. The molecular weight excluding hydrogens is 176 g/mol. The van der Waals surface area contributed by atoms with Crippen molar-refractivity contribution in [1.82, 2.24) is 10.2 Å². The number of hydrogen-bond donors (Lipinski definition) is 2. The van der Waals surface area contributed by atoms with Crippen molar-refractivity contribution in [1.29, 1.82) is 0 Å². The van der Waals surface area contributed by atoms with Gasteiger partial charge in [-0.15, -0.1) is 0 Å². The third-order valence-electron chi connectivity index (χ3n) is 2.95. The van der Waals surface area contributed by atoms with Crippen LogP contribution in [0.3, 0.4) is 0 Å². The van der Waals surface area contributed by atoms with E-state index in [1.165, 1.54) is 19.4 Å². The molecule has 1 unspecified atom stereocenters. The Balaban J connectivity index is 2.26. The van der Waals surface area contributed by atoms with Crippen molar-refractivity contribution in [2.45, 2.75) is 45.2 Å². The van der Waals surface area contributed by atoms with Gasteiger partial charge in [-0.25, -0.2) is 0 Å². The van der Waals surface area contributed by atoms with Gasteiger partial charge in [0, 0.05) is 31.8 Å². The van der Waals surface area contributed by atoms with Crippen molar-refractivity contribution in [3.63, 3.8) is 0 Å². The topological polar surface area (TPSA) is 35.5 Å². The van der Waals surface area contributed by atoms with Crippen LogP contribution in [0, 0.1) is 0 Å². The Morgan fingerprint density at radius 2 is 2.29 bits per heavy atom. The summed E-state index contributed by atoms with van der Waals surface area (Å²) < 4.78 is 0. The summed E-state index contributed by atoms with van der Waals surface area (Å²) in [5.41, 5.74) is 0. The monoisotopic (exact) mass is 200 g/mol. The minimum absolute atomic E-state index is 0.307. The SMILES string of the molecule is CC(C)N(CCCO)CC1CCCN1. The van der Waals surface area contributed by atoms with Gasteiger partial charge < -0.3 is 10.4 Å². The first-order chi connectivity index (χ1) is 6.74. The number of hydrogen-bond acceptors (Lipinski definition) is 3. The zero-order valence-electron chi connectivity index (χ0n) is 9.50. The van der Waals surface area contributed by atoms with Gasteiger partial charge in [0.05, 0.1) is 0 Å². The summed E-state index contributed by atoms with van der Waals surface area (Å²) in [6, 6.07) is 1.26. The fourth-order valence-corrected chi connectivity index (χ4v) is 2.03. The predicted molar refractivity (Wildman–Crippen MR) is 59.4 cm³/mol. The Hall–Kier alpha value is -0.120. The van der Waals surface area contributed by atoms with Crippen molar-refractivity contribution >= 4 is 0 Å². The van der Waals surface area contributed by atoms with E-state index in [-0.39, 0.29) is 0 Å². The van der Waals surface area contributed by atoms with Gasteiger partial charge in [-0.1, -0.05) is 0 Å². The van der Waals surface area contributed by atoms with Crippen LogP contribution in [-0.2, 0) is 0 Å². The molecule has 2 N–H and O–H groups in total. The second kappa shape index (κ2) is 6.38. The fourth-order valence-electron chi connectivity index (χ4n) is 2.03. The van der Waals surface area contributed by atoms with Crippen LogP contribution in [0.2, 0.25) is 0 Å². The normalized spacial score (nSPS) is 22.5. The maximum absolute atomic E-state index is 8.82. The van der Waals surface area contributed by atoms with Gasteiger partial charge in [0.1, 0.15) is 0 Å². The number of nitrogens with zero attached hydrogens (tertiary/aromatic N) is 1. The molecule has 0 saturated carbocycles. The van der Waals surface area contributed by atoms with Gasteiger partial charge in [0.25, 0.3) is 0 Å². The van der Waals surface area contributed by atoms with E-state index in [2.05, 4.69) is 24.1 Å². The average molecular weight is 200 g/mol. The third kappa shape index (κ3) is 3.95. The average Bonchev–Trinajstić information content (AvgIpc) is 2.64. The van der Waals surface area contributed by atoms with Crippen LogP contribution in [0.5, 0.6) is 0 Å². The molecule has 3 nitrogen and oxygen atoms in total. The number of aliphatic hydroxyl groups excluding tert-OH is 1. The summed E-state index contributed by atoms with van der Waals surface area (Å²) in [5.74, 6) is 0. The molecule has 1 saturated heterocycles. The highest BCUT2D eigenvalue weighted by molar-refractivity contribution is 4.79. The molecule has 1 fully saturated rings. The van der Waals surface area contributed by atoms with Crippen LogP contribution in [0.15, 0.2) is 0 Å². The maximum atomic E-state index is 8.82. The Morgan fingerprint density at radius 1 is 1.50 bits per heavy atom. The van der Waals surface area contributed by atoms with Crippen molar-refractivity contribution in [3.8, 4) is 0 Å². The van der Waals surface area contributed by atoms with Gasteiger partial charge >= 0.3 is 0 Å². The zero-order chi connectivity index (χ0) is 10.4. The largest absolute Gasteiger partial charge is 0.396 e. The zero-order valence-corrected chi connectivity index (χ0v) is 9.50. The highest BCUT2D eigenvalue weighted by atomic mass is 16.3. The van der Waals surface area contributed by atoms with E-state index in [4.69, 9.17) is 5.11 Å². The first-order valence-electron chi connectivity index (χ1n) is 5.82. The lowest BCUT2D eigenvalue weighted by Gasteiger charge is -2.29. The van der Waals surface area contributed by atoms with E-state index in [1.807, 2.05) is 0 Å². The second-order valence-electron chi connectivity index (χ2n) is 4.46. The third-order valence-corrected chi connectivity index (χ3v) is 2.95. The molecule has 0 aromatic rings. The van der Waals surface area contributed by atoms with E-state index in [0.717, 1.165) is 19.5 Å². The maximum Gasteiger partial charge on any atom is 0.0443 e. The first-order valence-corrected chi connectivity index (χ1v) is 5.82. The van der Waals surface area contributed by atoms with E-state index in [1.54, 1.807) is 0 Å². The minimum Gasteiger partial charge on any atom is -0.396 e. The van der Waals surface area contributed by atoms with Crippen LogP contribution in [0.1, 0.15) is 33.1 Å². The van der Waals surface area contributed by atoms with Crippen LogP contribution in [0.25, 0.3) is 0 Å². The van der Waals surface area contributed by atoms with Gasteiger partial charge in [0.15, 0.2) is 0 Å². The van der Waals surface area contributed by atoms with Crippen LogP contribution < -0.4 is 5.32 Å². The molecule has 14 heavy (non-hydrogen) atoms. The predicted octanol–water partition coefficient (Wildman–Crippen LogP) is 0.831. The number of nitrogens with one attached hydrogen (secondary N) is 1. The molecule has 84 valence electrons. The molecule has 0 spiro atoms. The molecule has 0 radical (unpaired) electrons. The van der Waals surface area contributed by atoms with E-state index in [0.29, 0.717) is 18.7 Å². The molecule has 1 aliphatic heterocycles. The Morgan fingerprint density at radius 3 is 2.79 bits per heavy atom. The molecule has 0 bridgehead atoms. The highest BCUT2D eigenvalue weighted by Crippen LogP contribution is 2.09. The Bertz CT molecular complexity index is 144. The molecule has 3 heteroatoms. The lowest BCUT2D eigenvalue weighted by molar-refractivity contribution is 0.178. The van der Waals surface area contributed by atoms with Gasteiger partial charge in [-0.05, 0) is 39.7 Å². The quantitative estimate of drug-likeness (QED) is 0.667.